The second-order valence-corrected chi connectivity index (χ2v) is 10.1. The molecule has 30 heavy (non-hydrogen) atoms. The molecule has 0 aromatic heterocycles. The fourth-order valence-electron chi connectivity index (χ4n) is 5.93. The molecule has 4 nitrogen and oxygen atoms in total. The first-order valence-electron chi connectivity index (χ1n) is 11.2. The lowest BCUT2D eigenvalue weighted by atomic mass is 9.70. The number of hydrogen-bond donors (Lipinski definition) is 1. The number of nitrogens with zero attached hydrogens (tertiary/aromatic N) is 2. The molecule has 0 spiro atoms. The number of rotatable bonds is 7. The second-order valence-electron chi connectivity index (χ2n) is 10.1. The zero-order valence-electron chi connectivity index (χ0n) is 18.8. The van der Waals surface area contributed by atoms with Crippen molar-refractivity contribution in [2.45, 2.75) is 58.8 Å². The lowest BCUT2D eigenvalue weighted by molar-refractivity contribution is -0.0807. The van der Waals surface area contributed by atoms with Crippen LogP contribution in [0.1, 0.15) is 45.6 Å². The third-order valence-corrected chi connectivity index (χ3v) is 8.39. The Morgan fingerprint density at radius 2 is 1.67 bits per heavy atom. The van der Waals surface area contributed by atoms with Gasteiger partial charge in [-0.15, -0.1) is 24.8 Å². The molecule has 1 aromatic rings. The summed E-state index contributed by atoms with van der Waals surface area (Å²) in [5.41, 5.74) is 2.03. The number of aliphatic hydroxyl groups is 1. The highest BCUT2D eigenvalue weighted by Gasteiger charge is 2.61. The molecule has 1 aliphatic heterocycles. The van der Waals surface area contributed by atoms with Crippen molar-refractivity contribution in [2.24, 2.45) is 16.7 Å². The Bertz CT molecular complexity index is 652. The van der Waals surface area contributed by atoms with Crippen LogP contribution in [0.4, 0.5) is 0 Å². The van der Waals surface area contributed by atoms with Gasteiger partial charge in [0.1, 0.15) is 0 Å². The highest BCUT2D eigenvalue weighted by Crippen LogP contribution is 2.66. The average molecular weight is 460 g/mol. The second kappa shape index (κ2) is 10.5. The van der Waals surface area contributed by atoms with E-state index in [1.54, 1.807) is 0 Å². The summed E-state index contributed by atoms with van der Waals surface area (Å²) < 4.78 is 6.29. The molecule has 2 saturated carbocycles. The number of hydrogen-bond acceptors (Lipinski definition) is 4. The van der Waals surface area contributed by atoms with E-state index in [9.17, 15) is 5.11 Å². The van der Waals surface area contributed by atoms with Gasteiger partial charge in [0.15, 0.2) is 0 Å². The van der Waals surface area contributed by atoms with E-state index in [-0.39, 0.29) is 36.3 Å². The minimum atomic E-state index is -0.383. The highest BCUT2D eigenvalue weighted by molar-refractivity contribution is 5.85. The Morgan fingerprint density at radius 1 is 1.03 bits per heavy atom. The molecule has 1 heterocycles. The van der Waals surface area contributed by atoms with Gasteiger partial charge in [0.25, 0.3) is 0 Å². The molecule has 2 bridgehead atoms. The summed E-state index contributed by atoms with van der Waals surface area (Å²) in [6.45, 7) is 13.7. The minimum Gasteiger partial charge on any atom is -0.389 e. The normalized spacial score (nSPS) is 31.7. The van der Waals surface area contributed by atoms with Crippen LogP contribution >= 0.6 is 24.8 Å². The van der Waals surface area contributed by atoms with Crippen LogP contribution in [-0.4, -0.2) is 66.4 Å². The maximum atomic E-state index is 10.6. The van der Waals surface area contributed by atoms with E-state index in [0.717, 1.165) is 45.2 Å². The molecule has 4 atom stereocenters. The van der Waals surface area contributed by atoms with Crippen molar-refractivity contribution < 1.29 is 9.84 Å². The van der Waals surface area contributed by atoms with E-state index >= 15 is 0 Å². The van der Waals surface area contributed by atoms with Crippen molar-refractivity contribution in [1.29, 1.82) is 0 Å². The molecule has 172 valence electrons. The van der Waals surface area contributed by atoms with Crippen LogP contribution in [-0.2, 0) is 11.3 Å². The number of halogens is 2. The van der Waals surface area contributed by atoms with Crippen LogP contribution in [0, 0.1) is 16.7 Å². The molecular formula is C24H40Cl2N2O2. The maximum absolute atomic E-state index is 10.6. The fourth-order valence-corrected chi connectivity index (χ4v) is 5.93. The van der Waals surface area contributed by atoms with Gasteiger partial charge in [-0.1, -0.05) is 51.1 Å². The van der Waals surface area contributed by atoms with Crippen LogP contribution in [0.2, 0.25) is 0 Å². The van der Waals surface area contributed by atoms with Gasteiger partial charge in [-0.25, -0.2) is 0 Å². The molecule has 3 aliphatic rings. The predicted molar refractivity (Wildman–Crippen MR) is 128 cm³/mol. The topological polar surface area (TPSA) is 35.9 Å². The maximum Gasteiger partial charge on any atom is 0.0900 e. The van der Waals surface area contributed by atoms with Crippen molar-refractivity contribution in [2.75, 3.05) is 39.3 Å². The fraction of sp³-hybridized carbons (Fsp3) is 0.750. The van der Waals surface area contributed by atoms with Crippen LogP contribution in [0.5, 0.6) is 0 Å². The minimum absolute atomic E-state index is 0. The number of benzene rings is 1. The van der Waals surface area contributed by atoms with Gasteiger partial charge >= 0.3 is 0 Å². The van der Waals surface area contributed by atoms with Gasteiger partial charge in [-0.05, 0) is 41.6 Å². The van der Waals surface area contributed by atoms with Crippen molar-refractivity contribution >= 4 is 24.8 Å². The Morgan fingerprint density at radius 3 is 2.23 bits per heavy atom. The molecule has 4 rings (SSSR count). The number of ether oxygens (including phenoxy) is 1. The zero-order valence-corrected chi connectivity index (χ0v) is 20.4. The molecule has 3 fully saturated rings. The number of aliphatic hydroxyl groups excluding tert-OH is 1. The summed E-state index contributed by atoms with van der Waals surface area (Å²) in [6.07, 6.45) is 3.73. The third kappa shape index (κ3) is 5.16. The molecule has 4 unspecified atom stereocenters. The summed E-state index contributed by atoms with van der Waals surface area (Å²) in [4.78, 5) is 4.90. The van der Waals surface area contributed by atoms with E-state index in [1.807, 2.05) is 0 Å². The van der Waals surface area contributed by atoms with Crippen LogP contribution in [0.3, 0.4) is 0 Å². The van der Waals surface area contributed by atoms with Gasteiger partial charge < -0.3 is 9.84 Å². The molecule has 2 aliphatic carbocycles. The van der Waals surface area contributed by atoms with Crippen LogP contribution in [0.15, 0.2) is 30.3 Å². The first-order chi connectivity index (χ1) is 13.4. The van der Waals surface area contributed by atoms with Gasteiger partial charge in [0.2, 0.25) is 0 Å². The molecule has 1 saturated heterocycles. The molecule has 1 aromatic carbocycles. The van der Waals surface area contributed by atoms with Gasteiger partial charge in [-0.3, -0.25) is 9.80 Å². The molecular weight excluding hydrogens is 419 g/mol. The summed E-state index contributed by atoms with van der Waals surface area (Å²) in [5, 5.41) is 10.6. The Hall–Kier alpha value is -0.360. The van der Waals surface area contributed by atoms with Crippen molar-refractivity contribution in [1.82, 2.24) is 9.80 Å². The number of fused-ring (bicyclic) bond motifs is 2. The summed E-state index contributed by atoms with van der Waals surface area (Å²) >= 11 is 0. The summed E-state index contributed by atoms with van der Waals surface area (Å²) in [6, 6.07) is 10.7. The van der Waals surface area contributed by atoms with E-state index < -0.39 is 0 Å². The standard InChI is InChI=1S/C24H38N2O2.2ClH/c1-23(2)20-9-10-24(23,3)22(15-20)28-18-21(27)17-26-13-11-25(12-14-26)16-19-7-5-4-6-8-19;;/h4-8,20-22,27H,9-18H2,1-3H3;2*1H. The van der Waals surface area contributed by atoms with Crippen molar-refractivity contribution in [3.05, 3.63) is 35.9 Å². The molecule has 1 N–H and O–H groups in total. The van der Waals surface area contributed by atoms with Crippen LogP contribution in [0.25, 0.3) is 0 Å². The van der Waals surface area contributed by atoms with E-state index in [1.165, 1.54) is 24.8 Å². The Labute approximate surface area is 195 Å². The largest absolute Gasteiger partial charge is 0.389 e. The van der Waals surface area contributed by atoms with Crippen molar-refractivity contribution in [3.63, 3.8) is 0 Å². The molecule has 6 heteroatoms. The van der Waals surface area contributed by atoms with Crippen molar-refractivity contribution in [3.8, 4) is 0 Å². The highest BCUT2D eigenvalue weighted by atomic mass is 35.5. The first kappa shape index (κ1) is 25.9. The number of β-amino-alcohol motifs (C(OH)–C–C–N with tert-alkyl or cyclic N) is 1. The van der Waals surface area contributed by atoms with E-state index in [2.05, 4.69) is 60.9 Å². The van der Waals surface area contributed by atoms with Crippen LogP contribution < -0.4 is 0 Å². The SMILES string of the molecule is CC1(C)C2CCC1(C)C(OCC(O)CN1CCN(Cc3ccccc3)CC1)C2.Cl.Cl. The van der Waals surface area contributed by atoms with Gasteiger partial charge in [0.05, 0.1) is 18.8 Å². The quantitative estimate of drug-likeness (QED) is 0.662. The van der Waals surface area contributed by atoms with E-state index in [0.29, 0.717) is 18.1 Å². The van der Waals surface area contributed by atoms with Gasteiger partial charge in [-0.2, -0.15) is 0 Å². The Balaban J connectivity index is 0.00000160. The Kier molecular flexibility index (Phi) is 9.07. The summed E-state index contributed by atoms with van der Waals surface area (Å²) in [5.74, 6) is 0.789. The van der Waals surface area contributed by atoms with Gasteiger partial charge in [0, 0.05) is 39.3 Å². The lowest BCUT2D eigenvalue weighted by Gasteiger charge is -2.39. The number of piperazine rings is 1. The molecule has 0 radical (unpaired) electrons. The van der Waals surface area contributed by atoms with E-state index in [4.69, 9.17) is 4.74 Å². The molecule has 0 amide bonds. The monoisotopic (exact) mass is 458 g/mol. The average Bonchev–Trinajstić information content (AvgIpc) is 3.02. The third-order valence-electron chi connectivity index (χ3n) is 8.39. The lowest BCUT2D eigenvalue weighted by Crippen LogP contribution is -2.49. The smallest absolute Gasteiger partial charge is 0.0900 e. The summed E-state index contributed by atoms with van der Waals surface area (Å²) in [7, 11) is 0. The first-order valence-corrected chi connectivity index (χ1v) is 11.2. The predicted octanol–water partition coefficient (Wildman–Crippen LogP) is 4.24. The zero-order chi connectivity index (χ0) is 19.8.